The highest BCUT2D eigenvalue weighted by Gasteiger charge is 2.35. The van der Waals surface area contributed by atoms with Crippen LogP contribution in [0.3, 0.4) is 0 Å². The number of hydrogen-bond donors (Lipinski definition) is 2. The number of benzene rings is 1. The van der Waals surface area contributed by atoms with E-state index in [0.717, 1.165) is 37.1 Å². The fraction of sp³-hybridized carbons (Fsp3) is 0.450. The van der Waals surface area contributed by atoms with Gasteiger partial charge in [-0.3, -0.25) is 0 Å². The molecule has 1 unspecified atom stereocenters. The zero-order valence-corrected chi connectivity index (χ0v) is 14.8. The van der Waals surface area contributed by atoms with Gasteiger partial charge in [-0.25, -0.2) is 0 Å². The highest BCUT2D eigenvalue weighted by atomic mass is 16.3. The van der Waals surface area contributed by atoms with Crippen molar-refractivity contribution in [1.82, 2.24) is 5.32 Å². The smallest absolute Gasteiger partial charge is 0.306 e. The van der Waals surface area contributed by atoms with Crippen molar-refractivity contribution in [2.24, 2.45) is 10.1 Å². The molecule has 1 atom stereocenters. The first-order valence-corrected chi connectivity index (χ1v) is 9.01. The number of azo groups is 2. The van der Waals surface area contributed by atoms with E-state index in [9.17, 15) is 5.11 Å². The van der Waals surface area contributed by atoms with Crippen LogP contribution in [-0.4, -0.2) is 33.4 Å². The van der Waals surface area contributed by atoms with E-state index in [2.05, 4.69) is 41.6 Å². The minimum atomic E-state index is -0.509. The van der Waals surface area contributed by atoms with Gasteiger partial charge in [-0.2, -0.15) is 4.99 Å². The number of aliphatic hydroxyl groups is 1. The van der Waals surface area contributed by atoms with Crippen LogP contribution >= 0.6 is 0 Å². The normalized spacial score (nSPS) is 31.1. The third-order valence-corrected chi connectivity index (χ3v) is 5.27. The molecule has 5 nitrogen and oxygen atoms in total. The molecule has 3 aliphatic rings. The van der Waals surface area contributed by atoms with Gasteiger partial charge in [-0.1, -0.05) is 34.5 Å². The molecule has 0 aromatic heterocycles. The van der Waals surface area contributed by atoms with E-state index in [1.807, 2.05) is 30.1 Å². The van der Waals surface area contributed by atoms with Crippen LogP contribution in [0.25, 0.3) is 5.57 Å². The summed E-state index contributed by atoms with van der Waals surface area (Å²) < 4.78 is 1.90. The molecule has 5 heteroatoms. The molecule has 2 aliphatic heterocycles. The van der Waals surface area contributed by atoms with Crippen LogP contribution in [0, 0.1) is 6.92 Å². The lowest BCUT2D eigenvalue weighted by Crippen LogP contribution is -2.43. The van der Waals surface area contributed by atoms with Crippen molar-refractivity contribution in [2.75, 3.05) is 0 Å². The summed E-state index contributed by atoms with van der Waals surface area (Å²) in [6, 6.07) is 8.84. The average Bonchev–Trinajstić information content (AvgIpc) is 3.00. The number of aryl methyl sites for hydroxylation is 1. The number of aliphatic imine (C=N–C) groups is 1. The number of fused-ring (bicyclic) bond motifs is 1. The van der Waals surface area contributed by atoms with Gasteiger partial charge in [0.1, 0.15) is 12.0 Å². The summed E-state index contributed by atoms with van der Waals surface area (Å²) in [6.07, 6.45) is 9.40. The van der Waals surface area contributed by atoms with Gasteiger partial charge in [-0.15, -0.1) is 0 Å². The summed E-state index contributed by atoms with van der Waals surface area (Å²) in [4.78, 5) is 4.88. The monoisotopic (exact) mass is 337 g/mol. The third-order valence-electron chi connectivity index (χ3n) is 5.27. The average molecular weight is 337 g/mol. The molecule has 0 bridgehead atoms. The maximum atomic E-state index is 10.1. The molecule has 130 valence electrons. The Labute approximate surface area is 148 Å². The Morgan fingerprint density at radius 2 is 2.08 bits per heavy atom. The van der Waals surface area contributed by atoms with Crippen LogP contribution in [0.1, 0.15) is 43.7 Å². The zero-order valence-electron chi connectivity index (χ0n) is 14.8. The van der Waals surface area contributed by atoms with E-state index < -0.39 is 5.60 Å². The second kappa shape index (κ2) is 6.23. The van der Waals surface area contributed by atoms with Gasteiger partial charge in [0, 0.05) is 12.1 Å². The van der Waals surface area contributed by atoms with Crippen LogP contribution in [0.2, 0.25) is 0 Å². The van der Waals surface area contributed by atoms with Crippen molar-refractivity contribution in [3.8, 4) is 0 Å². The minimum Gasteiger partial charge on any atom is -0.390 e. The Kier molecular flexibility index (Phi) is 4.04. The quantitative estimate of drug-likeness (QED) is 0.813. The molecule has 1 aromatic rings. The molecule has 0 saturated heterocycles. The summed E-state index contributed by atoms with van der Waals surface area (Å²) in [5.74, 6) is 0.906. The van der Waals surface area contributed by atoms with Gasteiger partial charge in [0.05, 0.1) is 11.2 Å². The first-order chi connectivity index (χ1) is 12.0. The lowest BCUT2D eigenvalue weighted by molar-refractivity contribution is -0.542. The van der Waals surface area contributed by atoms with Gasteiger partial charge < -0.3 is 10.4 Å². The molecular formula is C20H25N4O+. The van der Waals surface area contributed by atoms with Crippen LogP contribution in [0.5, 0.6) is 0 Å². The van der Waals surface area contributed by atoms with Gasteiger partial charge in [0.25, 0.3) is 0 Å². The van der Waals surface area contributed by atoms with Crippen LogP contribution < -0.4 is 5.32 Å². The Balaban J connectivity index is 1.49. The molecule has 4 rings (SSSR count). The topological polar surface area (TPSA) is 60.0 Å². The van der Waals surface area contributed by atoms with Crippen molar-refractivity contribution in [3.05, 3.63) is 53.9 Å². The summed E-state index contributed by atoms with van der Waals surface area (Å²) in [5, 5.41) is 18.1. The molecular weight excluding hydrogens is 312 g/mol. The van der Waals surface area contributed by atoms with E-state index >= 15 is 0 Å². The fourth-order valence-corrected chi connectivity index (χ4v) is 3.70. The third kappa shape index (κ3) is 3.42. The highest BCUT2D eigenvalue weighted by Crippen LogP contribution is 2.30. The van der Waals surface area contributed by atoms with Crippen LogP contribution in [0.15, 0.2) is 52.8 Å². The molecule has 1 saturated carbocycles. The largest absolute Gasteiger partial charge is 0.390 e. The Bertz CT molecular complexity index is 794. The van der Waals surface area contributed by atoms with Gasteiger partial charge in [-0.05, 0) is 50.2 Å². The van der Waals surface area contributed by atoms with Gasteiger partial charge >= 0.3 is 6.17 Å². The second-order valence-electron chi connectivity index (χ2n) is 7.57. The van der Waals surface area contributed by atoms with Crippen molar-refractivity contribution >= 4 is 11.4 Å². The summed E-state index contributed by atoms with van der Waals surface area (Å²) in [6.45, 7) is 4.03. The van der Waals surface area contributed by atoms with Crippen molar-refractivity contribution in [2.45, 2.75) is 57.3 Å². The number of rotatable bonds is 2. The predicted molar refractivity (Wildman–Crippen MR) is 98.2 cm³/mol. The predicted octanol–water partition coefficient (Wildman–Crippen LogP) is 3.35. The standard InChI is InChI=1S/C20H25N4O/c1-14-4-3-5-15(12-14)17-13-21-24-11-8-18(23-19(17)24)22-16-6-9-20(2,25)10-7-16/h3-5,8,11-13,16,19,25H,6-7,9-10H2,1-2H3,(H,22,23)/q+1. The van der Waals surface area contributed by atoms with Gasteiger partial charge in [0.2, 0.25) is 6.20 Å². The van der Waals surface area contributed by atoms with E-state index in [4.69, 9.17) is 4.99 Å². The summed E-state index contributed by atoms with van der Waals surface area (Å²) in [7, 11) is 0. The fourth-order valence-electron chi connectivity index (χ4n) is 3.70. The lowest BCUT2D eigenvalue weighted by atomic mass is 9.83. The number of nitrogens with zero attached hydrogens (tertiary/aromatic N) is 3. The first kappa shape index (κ1) is 16.2. The molecule has 0 spiro atoms. The molecule has 1 aromatic carbocycles. The van der Waals surface area contributed by atoms with Gasteiger partial charge in [0.15, 0.2) is 0 Å². The second-order valence-corrected chi connectivity index (χ2v) is 7.57. The first-order valence-electron chi connectivity index (χ1n) is 9.01. The SMILES string of the molecule is Cc1cccc(C2=CN=[N+]3C=CC(NC4CCC(C)(O)CC4)=NC23)c1. The van der Waals surface area contributed by atoms with Crippen molar-refractivity contribution in [3.63, 3.8) is 0 Å². The van der Waals surface area contributed by atoms with E-state index in [0.29, 0.717) is 6.04 Å². The minimum absolute atomic E-state index is 0.0963. The summed E-state index contributed by atoms with van der Waals surface area (Å²) in [5.41, 5.74) is 3.02. The van der Waals surface area contributed by atoms with E-state index in [1.54, 1.807) is 0 Å². The number of nitrogens with one attached hydrogen (secondary N) is 1. The Hall–Kier alpha value is -2.27. The Morgan fingerprint density at radius 1 is 1.28 bits per heavy atom. The molecule has 1 fully saturated rings. The molecule has 0 radical (unpaired) electrons. The molecule has 0 amide bonds. The molecule has 2 N–H and O–H groups in total. The maximum absolute atomic E-state index is 10.1. The van der Waals surface area contributed by atoms with Crippen molar-refractivity contribution < 1.29 is 9.80 Å². The molecule has 2 heterocycles. The van der Waals surface area contributed by atoms with Crippen LogP contribution in [0.4, 0.5) is 0 Å². The van der Waals surface area contributed by atoms with Crippen molar-refractivity contribution in [1.29, 1.82) is 0 Å². The molecule has 25 heavy (non-hydrogen) atoms. The zero-order chi connectivity index (χ0) is 17.4. The van der Waals surface area contributed by atoms with Crippen LogP contribution in [-0.2, 0) is 0 Å². The number of hydrogen-bond acceptors (Lipinski definition) is 4. The Morgan fingerprint density at radius 3 is 2.84 bits per heavy atom. The lowest BCUT2D eigenvalue weighted by Gasteiger charge is -2.33. The summed E-state index contributed by atoms with van der Waals surface area (Å²) >= 11 is 0. The maximum Gasteiger partial charge on any atom is 0.306 e. The molecule has 1 aliphatic carbocycles. The highest BCUT2D eigenvalue weighted by molar-refractivity contribution is 5.94. The van der Waals surface area contributed by atoms with E-state index in [-0.39, 0.29) is 6.17 Å². The number of amidine groups is 1. The van der Waals surface area contributed by atoms with E-state index in [1.165, 1.54) is 11.1 Å².